The lowest BCUT2D eigenvalue weighted by atomic mass is 10.1. The van der Waals surface area contributed by atoms with Crippen LogP contribution in [0.2, 0.25) is 0 Å². The SMILES string of the molecule is O=C(NC(=S)Nc1ccc2ccccc2c1)c1cncc(Br)c1. The van der Waals surface area contributed by atoms with Crippen molar-refractivity contribution in [3.8, 4) is 0 Å². The van der Waals surface area contributed by atoms with E-state index in [2.05, 4.69) is 31.5 Å². The number of rotatable bonds is 2. The number of anilines is 1. The van der Waals surface area contributed by atoms with E-state index in [-0.39, 0.29) is 11.0 Å². The van der Waals surface area contributed by atoms with E-state index in [1.54, 1.807) is 12.3 Å². The van der Waals surface area contributed by atoms with Crippen LogP contribution in [-0.2, 0) is 0 Å². The second kappa shape index (κ2) is 6.85. The minimum atomic E-state index is -0.308. The first-order valence-electron chi connectivity index (χ1n) is 6.83. The molecule has 0 saturated carbocycles. The Hall–Kier alpha value is -2.31. The average molecular weight is 386 g/mol. The lowest BCUT2D eigenvalue weighted by molar-refractivity contribution is 0.0977. The lowest BCUT2D eigenvalue weighted by Crippen LogP contribution is -2.34. The number of nitrogens with zero attached hydrogens (tertiary/aromatic N) is 1. The number of hydrogen-bond acceptors (Lipinski definition) is 3. The van der Waals surface area contributed by atoms with Crippen LogP contribution in [0.1, 0.15) is 10.4 Å². The zero-order chi connectivity index (χ0) is 16.2. The van der Waals surface area contributed by atoms with E-state index >= 15 is 0 Å². The van der Waals surface area contributed by atoms with Gasteiger partial charge in [-0.3, -0.25) is 15.1 Å². The van der Waals surface area contributed by atoms with Crippen molar-refractivity contribution in [1.29, 1.82) is 0 Å². The van der Waals surface area contributed by atoms with E-state index in [1.807, 2.05) is 42.5 Å². The van der Waals surface area contributed by atoms with Gasteiger partial charge in [0.05, 0.1) is 5.56 Å². The highest BCUT2D eigenvalue weighted by molar-refractivity contribution is 9.10. The highest BCUT2D eigenvalue weighted by atomic mass is 79.9. The van der Waals surface area contributed by atoms with Crippen molar-refractivity contribution < 1.29 is 4.79 Å². The number of aromatic nitrogens is 1. The molecule has 0 radical (unpaired) electrons. The zero-order valence-electron chi connectivity index (χ0n) is 11.9. The highest BCUT2D eigenvalue weighted by Crippen LogP contribution is 2.18. The first-order valence-corrected chi connectivity index (χ1v) is 8.03. The molecule has 3 rings (SSSR count). The maximum Gasteiger partial charge on any atom is 0.259 e. The molecule has 0 aliphatic heterocycles. The van der Waals surface area contributed by atoms with Crippen LogP contribution in [0.5, 0.6) is 0 Å². The Kier molecular flexibility index (Phi) is 4.64. The quantitative estimate of drug-likeness (QED) is 0.651. The fraction of sp³-hybridized carbons (Fsp3) is 0. The van der Waals surface area contributed by atoms with Crippen molar-refractivity contribution in [3.05, 3.63) is 71.0 Å². The highest BCUT2D eigenvalue weighted by Gasteiger charge is 2.09. The molecule has 1 heterocycles. The molecule has 0 fully saturated rings. The number of fused-ring (bicyclic) bond motifs is 1. The Bertz CT molecular complexity index is 898. The number of benzene rings is 2. The van der Waals surface area contributed by atoms with Gasteiger partial charge in [-0.2, -0.15) is 0 Å². The van der Waals surface area contributed by atoms with Crippen LogP contribution < -0.4 is 10.6 Å². The molecular weight excluding hydrogens is 374 g/mol. The molecule has 23 heavy (non-hydrogen) atoms. The largest absolute Gasteiger partial charge is 0.332 e. The third-order valence-electron chi connectivity index (χ3n) is 3.20. The Labute approximate surface area is 147 Å². The minimum absolute atomic E-state index is 0.241. The van der Waals surface area contributed by atoms with Gasteiger partial charge in [-0.15, -0.1) is 0 Å². The van der Waals surface area contributed by atoms with Crippen molar-refractivity contribution in [2.75, 3.05) is 5.32 Å². The summed E-state index contributed by atoms with van der Waals surface area (Å²) in [5.74, 6) is -0.308. The number of carbonyl (C=O) groups excluding carboxylic acids is 1. The summed E-state index contributed by atoms with van der Waals surface area (Å²) in [5, 5.41) is 8.14. The molecule has 0 aliphatic rings. The number of pyridine rings is 1. The molecule has 0 saturated heterocycles. The molecule has 0 atom stereocenters. The van der Waals surface area contributed by atoms with Gasteiger partial charge in [-0.1, -0.05) is 30.3 Å². The van der Waals surface area contributed by atoms with Crippen LogP contribution in [0.3, 0.4) is 0 Å². The minimum Gasteiger partial charge on any atom is -0.332 e. The molecular formula is C17H12BrN3OS. The lowest BCUT2D eigenvalue weighted by Gasteiger charge is -2.10. The van der Waals surface area contributed by atoms with E-state index in [0.717, 1.165) is 20.9 Å². The zero-order valence-corrected chi connectivity index (χ0v) is 14.3. The monoisotopic (exact) mass is 385 g/mol. The number of hydrogen-bond donors (Lipinski definition) is 2. The predicted octanol–water partition coefficient (Wildman–Crippen LogP) is 4.12. The number of halogens is 1. The topological polar surface area (TPSA) is 54.0 Å². The van der Waals surface area contributed by atoms with Gasteiger partial charge < -0.3 is 5.32 Å². The van der Waals surface area contributed by atoms with E-state index in [0.29, 0.717) is 5.56 Å². The molecule has 0 spiro atoms. The summed E-state index contributed by atoms with van der Waals surface area (Å²) in [6.07, 6.45) is 3.10. The maximum atomic E-state index is 12.1. The second-order valence-corrected chi connectivity index (χ2v) is 6.19. The molecule has 2 N–H and O–H groups in total. The van der Waals surface area contributed by atoms with Gasteiger partial charge in [-0.25, -0.2) is 0 Å². The van der Waals surface area contributed by atoms with Crippen LogP contribution in [0, 0.1) is 0 Å². The Morgan fingerprint density at radius 3 is 2.61 bits per heavy atom. The standard InChI is InChI=1S/C17H12BrN3OS/c18-14-7-13(9-19-10-14)16(22)21-17(23)20-15-6-5-11-3-1-2-4-12(11)8-15/h1-10H,(H2,20,21,22,23). The summed E-state index contributed by atoms with van der Waals surface area (Å²) in [5.41, 5.74) is 1.25. The predicted molar refractivity (Wildman–Crippen MR) is 99.6 cm³/mol. The molecule has 0 unspecified atom stereocenters. The molecule has 0 aliphatic carbocycles. The summed E-state index contributed by atoms with van der Waals surface area (Å²) in [6, 6.07) is 15.6. The second-order valence-electron chi connectivity index (χ2n) is 4.86. The van der Waals surface area contributed by atoms with E-state index in [1.165, 1.54) is 6.20 Å². The van der Waals surface area contributed by atoms with Gasteiger partial charge in [0.1, 0.15) is 0 Å². The molecule has 6 heteroatoms. The van der Waals surface area contributed by atoms with Crippen molar-refractivity contribution in [2.24, 2.45) is 0 Å². The van der Waals surface area contributed by atoms with Gasteiger partial charge in [0.15, 0.2) is 5.11 Å². The molecule has 4 nitrogen and oxygen atoms in total. The maximum absolute atomic E-state index is 12.1. The van der Waals surface area contributed by atoms with Gasteiger partial charge in [0.2, 0.25) is 0 Å². The van der Waals surface area contributed by atoms with E-state index in [4.69, 9.17) is 12.2 Å². The van der Waals surface area contributed by atoms with Crippen LogP contribution >= 0.6 is 28.1 Å². The number of carbonyl (C=O) groups is 1. The molecule has 1 amide bonds. The van der Waals surface area contributed by atoms with Crippen molar-refractivity contribution in [1.82, 2.24) is 10.3 Å². The van der Waals surface area contributed by atoms with Crippen LogP contribution in [0.4, 0.5) is 5.69 Å². The van der Waals surface area contributed by atoms with Gasteiger partial charge in [0, 0.05) is 22.6 Å². The summed E-state index contributed by atoms with van der Waals surface area (Å²) in [7, 11) is 0. The van der Waals surface area contributed by atoms with Gasteiger partial charge >= 0.3 is 0 Å². The third kappa shape index (κ3) is 3.91. The first kappa shape index (κ1) is 15.6. The normalized spacial score (nSPS) is 10.3. The molecule has 3 aromatic rings. The summed E-state index contributed by atoms with van der Waals surface area (Å²) in [6.45, 7) is 0. The molecule has 1 aromatic heterocycles. The summed E-state index contributed by atoms with van der Waals surface area (Å²) < 4.78 is 0.735. The molecule has 2 aromatic carbocycles. The smallest absolute Gasteiger partial charge is 0.259 e. The third-order valence-corrected chi connectivity index (χ3v) is 3.84. The fourth-order valence-corrected chi connectivity index (χ4v) is 2.72. The van der Waals surface area contributed by atoms with E-state index in [9.17, 15) is 4.79 Å². The van der Waals surface area contributed by atoms with Gasteiger partial charge in [-0.05, 0) is 57.1 Å². The molecule has 114 valence electrons. The van der Waals surface area contributed by atoms with Crippen LogP contribution in [0.15, 0.2) is 65.4 Å². The number of amides is 1. The Morgan fingerprint density at radius 2 is 1.83 bits per heavy atom. The Morgan fingerprint density at radius 1 is 1.04 bits per heavy atom. The fourth-order valence-electron chi connectivity index (χ4n) is 2.14. The molecule has 0 bridgehead atoms. The van der Waals surface area contributed by atoms with Crippen molar-refractivity contribution >= 4 is 55.6 Å². The Balaban J connectivity index is 1.69. The van der Waals surface area contributed by atoms with Crippen molar-refractivity contribution in [3.63, 3.8) is 0 Å². The van der Waals surface area contributed by atoms with E-state index < -0.39 is 0 Å². The summed E-state index contributed by atoms with van der Waals surface area (Å²) in [4.78, 5) is 16.1. The number of thiocarbonyl (C=S) groups is 1. The van der Waals surface area contributed by atoms with Crippen LogP contribution in [-0.4, -0.2) is 16.0 Å². The number of nitrogens with one attached hydrogen (secondary N) is 2. The van der Waals surface area contributed by atoms with Crippen molar-refractivity contribution in [2.45, 2.75) is 0 Å². The van der Waals surface area contributed by atoms with Gasteiger partial charge in [0.25, 0.3) is 5.91 Å². The average Bonchev–Trinajstić information content (AvgIpc) is 2.54. The summed E-state index contributed by atoms with van der Waals surface area (Å²) >= 11 is 8.48. The first-order chi connectivity index (χ1) is 11.1. The van der Waals surface area contributed by atoms with Crippen LogP contribution in [0.25, 0.3) is 10.8 Å².